The largest absolute Gasteiger partial charge is 0.382 e. The number of carbonyl (C=O) groups excluding carboxylic acids is 1. The van der Waals surface area contributed by atoms with Crippen LogP contribution < -0.4 is 11.5 Å². The lowest BCUT2D eigenvalue weighted by Gasteiger charge is -1.96. The van der Waals surface area contributed by atoms with Gasteiger partial charge in [0.15, 0.2) is 11.6 Å². The first-order valence-corrected chi connectivity index (χ1v) is 4.10. The highest BCUT2D eigenvalue weighted by molar-refractivity contribution is 5.96. The third kappa shape index (κ3) is 1.62. The number of amides is 1. The Bertz CT molecular complexity index is 491. The summed E-state index contributed by atoms with van der Waals surface area (Å²) in [6.45, 7) is 0. The molecule has 4 N–H and O–H groups in total. The molecule has 2 heterocycles. The molecular formula is C8H8N6O. The first kappa shape index (κ1) is 9.13. The van der Waals surface area contributed by atoms with E-state index < -0.39 is 5.91 Å². The highest BCUT2D eigenvalue weighted by atomic mass is 16.1. The van der Waals surface area contributed by atoms with Crippen molar-refractivity contribution in [3.63, 3.8) is 0 Å². The number of carbonyl (C=O) groups is 1. The summed E-state index contributed by atoms with van der Waals surface area (Å²) in [6.07, 6.45) is 5.96. The van der Waals surface area contributed by atoms with Crippen LogP contribution >= 0.6 is 0 Å². The van der Waals surface area contributed by atoms with Crippen molar-refractivity contribution in [1.82, 2.24) is 19.7 Å². The fourth-order valence-electron chi connectivity index (χ4n) is 1.10. The van der Waals surface area contributed by atoms with Crippen LogP contribution in [-0.4, -0.2) is 25.7 Å². The average Bonchev–Trinajstić information content (AvgIpc) is 2.62. The maximum absolute atomic E-state index is 10.9. The lowest BCUT2D eigenvalue weighted by molar-refractivity contribution is 0.100. The van der Waals surface area contributed by atoms with Crippen LogP contribution in [0.15, 0.2) is 24.8 Å². The Kier molecular flexibility index (Phi) is 2.05. The predicted octanol–water partition coefficient (Wildman–Crippen LogP) is -0.657. The van der Waals surface area contributed by atoms with Gasteiger partial charge in [0, 0.05) is 18.6 Å². The van der Waals surface area contributed by atoms with Gasteiger partial charge >= 0.3 is 0 Å². The third-order valence-corrected chi connectivity index (χ3v) is 1.79. The van der Waals surface area contributed by atoms with Crippen LogP contribution in [0.25, 0.3) is 5.82 Å². The number of aromatic nitrogens is 4. The Morgan fingerprint density at radius 3 is 2.73 bits per heavy atom. The van der Waals surface area contributed by atoms with E-state index in [1.165, 1.54) is 29.5 Å². The van der Waals surface area contributed by atoms with Crippen LogP contribution in [0.1, 0.15) is 10.4 Å². The van der Waals surface area contributed by atoms with Crippen molar-refractivity contribution in [2.75, 3.05) is 5.73 Å². The van der Waals surface area contributed by atoms with E-state index in [2.05, 4.69) is 15.1 Å². The zero-order valence-electron chi connectivity index (χ0n) is 7.66. The van der Waals surface area contributed by atoms with Gasteiger partial charge in [-0.25, -0.2) is 9.67 Å². The van der Waals surface area contributed by atoms with Gasteiger partial charge in [-0.15, -0.1) is 5.10 Å². The molecule has 0 aliphatic heterocycles. The topological polar surface area (TPSA) is 113 Å². The standard InChI is InChI=1S/C8H8N6O/c9-7-5(8(10)15)4-14(13-7)6-3-11-1-2-12-6/h1-4H,(H2,9,13)(H2,10,15). The molecule has 0 aromatic carbocycles. The monoisotopic (exact) mass is 204 g/mol. The molecule has 0 unspecified atom stereocenters. The zero-order valence-corrected chi connectivity index (χ0v) is 7.66. The second kappa shape index (κ2) is 3.37. The molecule has 7 heteroatoms. The first-order chi connectivity index (χ1) is 7.18. The van der Waals surface area contributed by atoms with Gasteiger partial charge in [-0.3, -0.25) is 9.78 Å². The first-order valence-electron chi connectivity index (χ1n) is 4.10. The second-order valence-corrected chi connectivity index (χ2v) is 2.80. The molecule has 0 saturated heterocycles. The van der Waals surface area contributed by atoms with Crippen molar-refractivity contribution >= 4 is 11.7 Å². The van der Waals surface area contributed by atoms with Gasteiger partial charge in [-0.05, 0) is 0 Å². The smallest absolute Gasteiger partial charge is 0.254 e. The maximum Gasteiger partial charge on any atom is 0.254 e. The summed E-state index contributed by atoms with van der Waals surface area (Å²) in [6, 6.07) is 0. The molecule has 7 nitrogen and oxygen atoms in total. The number of primary amides is 1. The van der Waals surface area contributed by atoms with E-state index in [9.17, 15) is 4.79 Å². The van der Waals surface area contributed by atoms with Crippen LogP contribution in [0.2, 0.25) is 0 Å². The van der Waals surface area contributed by atoms with E-state index >= 15 is 0 Å². The number of hydrogen-bond donors (Lipinski definition) is 2. The minimum Gasteiger partial charge on any atom is -0.382 e. The predicted molar refractivity (Wildman–Crippen MR) is 52.1 cm³/mol. The fourth-order valence-corrected chi connectivity index (χ4v) is 1.10. The van der Waals surface area contributed by atoms with E-state index in [-0.39, 0.29) is 11.4 Å². The molecule has 2 aromatic heterocycles. The number of hydrogen-bond acceptors (Lipinski definition) is 5. The van der Waals surface area contributed by atoms with E-state index in [1.54, 1.807) is 0 Å². The molecule has 0 radical (unpaired) electrons. The van der Waals surface area contributed by atoms with E-state index in [0.717, 1.165) is 0 Å². The Hall–Kier alpha value is -2.44. The van der Waals surface area contributed by atoms with Crippen molar-refractivity contribution in [1.29, 1.82) is 0 Å². The fraction of sp³-hybridized carbons (Fsp3) is 0. The lowest BCUT2D eigenvalue weighted by atomic mass is 10.3. The minimum atomic E-state index is -0.623. The molecule has 0 saturated carbocycles. The zero-order chi connectivity index (χ0) is 10.8. The van der Waals surface area contributed by atoms with Crippen molar-refractivity contribution in [3.05, 3.63) is 30.4 Å². The van der Waals surface area contributed by atoms with Gasteiger partial charge in [0.05, 0.1) is 6.20 Å². The van der Waals surface area contributed by atoms with Crippen molar-refractivity contribution < 1.29 is 4.79 Å². The van der Waals surface area contributed by atoms with E-state index in [1.807, 2.05) is 0 Å². The summed E-state index contributed by atoms with van der Waals surface area (Å²) in [7, 11) is 0. The molecule has 0 atom stereocenters. The highest BCUT2D eigenvalue weighted by Gasteiger charge is 2.11. The second-order valence-electron chi connectivity index (χ2n) is 2.80. The Labute approximate surface area is 84.7 Å². The average molecular weight is 204 g/mol. The van der Waals surface area contributed by atoms with Gasteiger partial charge < -0.3 is 11.5 Å². The van der Waals surface area contributed by atoms with Crippen LogP contribution in [-0.2, 0) is 0 Å². The number of nitrogens with zero attached hydrogens (tertiary/aromatic N) is 4. The normalized spacial score (nSPS) is 10.1. The van der Waals surface area contributed by atoms with Crippen molar-refractivity contribution in [3.8, 4) is 5.82 Å². The van der Waals surface area contributed by atoms with Crippen LogP contribution in [0.4, 0.5) is 5.82 Å². The molecule has 0 aliphatic rings. The molecule has 15 heavy (non-hydrogen) atoms. The molecule has 0 bridgehead atoms. The summed E-state index contributed by atoms with van der Waals surface area (Å²) < 4.78 is 1.35. The van der Waals surface area contributed by atoms with Crippen molar-refractivity contribution in [2.45, 2.75) is 0 Å². The van der Waals surface area contributed by atoms with Gasteiger partial charge in [0.2, 0.25) is 0 Å². The molecular weight excluding hydrogens is 196 g/mol. The molecule has 0 spiro atoms. The summed E-state index contributed by atoms with van der Waals surface area (Å²) in [5.41, 5.74) is 10.8. The summed E-state index contributed by atoms with van der Waals surface area (Å²) in [4.78, 5) is 18.8. The van der Waals surface area contributed by atoms with Gasteiger partial charge in [-0.1, -0.05) is 0 Å². The molecule has 0 fully saturated rings. The Balaban J connectivity index is 2.48. The molecule has 76 valence electrons. The summed E-state index contributed by atoms with van der Waals surface area (Å²) >= 11 is 0. The van der Waals surface area contributed by atoms with E-state index in [4.69, 9.17) is 11.5 Å². The third-order valence-electron chi connectivity index (χ3n) is 1.79. The number of rotatable bonds is 2. The number of nitrogen functional groups attached to an aromatic ring is 1. The number of anilines is 1. The van der Waals surface area contributed by atoms with Gasteiger partial charge in [-0.2, -0.15) is 0 Å². The SMILES string of the molecule is NC(=O)c1cn(-c2cnccn2)nc1N. The summed E-state index contributed by atoms with van der Waals surface area (Å²) in [5.74, 6) is -0.0764. The Morgan fingerprint density at radius 1 is 1.40 bits per heavy atom. The van der Waals surface area contributed by atoms with Crippen LogP contribution in [0, 0.1) is 0 Å². The summed E-state index contributed by atoms with van der Waals surface area (Å²) in [5, 5.41) is 3.89. The quantitative estimate of drug-likeness (QED) is 0.674. The molecule has 0 aliphatic carbocycles. The Morgan fingerprint density at radius 2 is 2.20 bits per heavy atom. The van der Waals surface area contributed by atoms with E-state index in [0.29, 0.717) is 5.82 Å². The molecule has 2 rings (SSSR count). The van der Waals surface area contributed by atoms with Crippen LogP contribution in [0.5, 0.6) is 0 Å². The van der Waals surface area contributed by atoms with Gasteiger partial charge in [0.1, 0.15) is 5.56 Å². The lowest BCUT2D eigenvalue weighted by Crippen LogP contribution is -2.11. The molecule has 1 amide bonds. The minimum absolute atomic E-state index is 0.0770. The van der Waals surface area contributed by atoms with Crippen molar-refractivity contribution in [2.24, 2.45) is 5.73 Å². The highest BCUT2D eigenvalue weighted by Crippen LogP contribution is 2.10. The van der Waals surface area contributed by atoms with Crippen LogP contribution in [0.3, 0.4) is 0 Å². The maximum atomic E-state index is 10.9. The number of nitrogens with two attached hydrogens (primary N) is 2. The van der Waals surface area contributed by atoms with Gasteiger partial charge in [0.25, 0.3) is 5.91 Å². The molecule has 2 aromatic rings.